The van der Waals surface area contributed by atoms with Gasteiger partial charge in [-0.25, -0.2) is 4.68 Å². The van der Waals surface area contributed by atoms with Crippen molar-refractivity contribution in [1.29, 1.82) is 0 Å². The number of allylic oxidation sites excluding steroid dienone is 1. The molecule has 1 aliphatic carbocycles. The second kappa shape index (κ2) is 3.92. The number of aromatic nitrogens is 3. The quantitative estimate of drug-likeness (QED) is 0.788. The molecule has 0 radical (unpaired) electrons. The fraction of sp³-hybridized carbons (Fsp3) is 0.600. The van der Waals surface area contributed by atoms with Gasteiger partial charge in [-0.15, -0.1) is 5.10 Å². The zero-order chi connectivity index (χ0) is 9.97. The average Bonchev–Trinajstić information content (AvgIpc) is 2.53. The number of aliphatic hydroxyl groups excluding tert-OH is 1. The van der Waals surface area contributed by atoms with Crippen LogP contribution in [0.15, 0.2) is 5.57 Å². The van der Waals surface area contributed by atoms with Gasteiger partial charge in [0.15, 0.2) is 0 Å². The van der Waals surface area contributed by atoms with E-state index in [-0.39, 0.29) is 6.61 Å². The summed E-state index contributed by atoms with van der Waals surface area (Å²) >= 11 is 0. The lowest BCUT2D eigenvalue weighted by atomic mass is 9.91. The van der Waals surface area contributed by atoms with Gasteiger partial charge < -0.3 is 5.11 Å². The van der Waals surface area contributed by atoms with Gasteiger partial charge in [0.1, 0.15) is 5.69 Å². The standard InChI is InChI=1S/C10H15N3O/c1-2-13-10(7-14)9(11-12-13)6-8-4-3-5-8/h6,14H,2-5,7H2,1H3. The Morgan fingerprint density at radius 2 is 2.29 bits per heavy atom. The Labute approximate surface area is 83.2 Å². The molecule has 2 rings (SSSR count). The summed E-state index contributed by atoms with van der Waals surface area (Å²) in [6.45, 7) is 2.76. The van der Waals surface area contributed by atoms with E-state index < -0.39 is 0 Å². The maximum Gasteiger partial charge on any atom is 0.111 e. The molecule has 0 unspecified atom stereocenters. The molecule has 1 aliphatic rings. The molecule has 1 aromatic heterocycles. The molecule has 0 atom stereocenters. The highest BCUT2D eigenvalue weighted by atomic mass is 16.3. The summed E-state index contributed by atoms with van der Waals surface area (Å²) < 4.78 is 1.74. The molecule has 0 aliphatic heterocycles. The first-order valence-electron chi connectivity index (χ1n) is 5.07. The number of nitrogens with zero attached hydrogens (tertiary/aromatic N) is 3. The van der Waals surface area contributed by atoms with Gasteiger partial charge >= 0.3 is 0 Å². The fourth-order valence-corrected chi connectivity index (χ4v) is 1.59. The number of hydrogen-bond donors (Lipinski definition) is 1. The van der Waals surface area contributed by atoms with Crippen LogP contribution < -0.4 is 0 Å². The molecule has 0 aromatic carbocycles. The minimum atomic E-state index is 0.0138. The lowest BCUT2D eigenvalue weighted by molar-refractivity contribution is 0.268. The van der Waals surface area contributed by atoms with Crippen molar-refractivity contribution in [2.24, 2.45) is 0 Å². The van der Waals surface area contributed by atoms with Gasteiger partial charge in [-0.1, -0.05) is 10.8 Å². The van der Waals surface area contributed by atoms with E-state index in [1.54, 1.807) is 4.68 Å². The van der Waals surface area contributed by atoms with Crippen LogP contribution in [0.3, 0.4) is 0 Å². The Hall–Kier alpha value is -1.16. The maximum absolute atomic E-state index is 9.19. The lowest BCUT2D eigenvalue weighted by Crippen LogP contribution is -2.03. The second-order valence-corrected chi connectivity index (χ2v) is 3.55. The summed E-state index contributed by atoms with van der Waals surface area (Å²) in [5, 5.41) is 17.2. The van der Waals surface area contributed by atoms with Crippen molar-refractivity contribution in [2.75, 3.05) is 0 Å². The number of aliphatic hydroxyl groups is 1. The molecule has 0 amide bonds. The number of hydrogen-bond acceptors (Lipinski definition) is 3. The second-order valence-electron chi connectivity index (χ2n) is 3.55. The molecule has 1 aromatic rings. The van der Waals surface area contributed by atoms with Gasteiger partial charge in [-0.3, -0.25) is 0 Å². The van der Waals surface area contributed by atoms with E-state index in [1.807, 2.05) is 6.92 Å². The molecular formula is C10H15N3O. The molecule has 1 heterocycles. The van der Waals surface area contributed by atoms with Gasteiger partial charge in [0.05, 0.1) is 12.3 Å². The van der Waals surface area contributed by atoms with Gasteiger partial charge in [0.25, 0.3) is 0 Å². The van der Waals surface area contributed by atoms with Crippen LogP contribution in [-0.4, -0.2) is 20.1 Å². The van der Waals surface area contributed by atoms with Gasteiger partial charge in [-0.2, -0.15) is 0 Å². The molecule has 76 valence electrons. The van der Waals surface area contributed by atoms with Crippen LogP contribution in [0.2, 0.25) is 0 Å². The highest BCUT2D eigenvalue weighted by Crippen LogP contribution is 2.27. The first kappa shape index (κ1) is 9.40. The molecule has 1 N–H and O–H groups in total. The summed E-state index contributed by atoms with van der Waals surface area (Å²) in [6.07, 6.45) is 5.68. The maximum atomic E-state index is 9.19. The molecule has 14 heavy (non-hydrogen) atoms. The van der Waals surface area contributed by atoms with Crippen molar-refractivity contribution in [2.45, 2.75) is 39.3 Å². The van der Waals surface area contributed by atoms with Crippen LogP contribution in [0.1, 0.15) is 37.6 Å². The van der Waals surface area contributed by atoms with Crippen molar-refractivity contribution in [3.8, 4) is 0 Å². The van der Waals surface area contributed by atoms with Crippen LogP contribution in [0.5, 0.6) is 0 Å². The van der Waals surface area contributed by atoms with E-state index in [9.17, 15) is 5.11 Å². The molecule has 1 saturated carbocycles. The normalized spacial score (nSPS) is 15.4. The highest BCUT2D eigenvalue weighted by molar-refractivity contribution is 5.52. The summed E-state index contributed by atoms with van der Waals surface area (Å²) in [5.41, 5.74) is 3.08. The Kier molecular flexibility index (Phi) is 2.63. The molecule has 1 fully saturated rings. The third-order valence-electron chi connectivity index (χ3n) is 2.65. The van der Waals surface area contributed by atoms with E-state index in [0.29, 0.717) is 0 Å². The highest BCUT2D eigenvalue weighted by Gasteiger charge is 2.13. The third-order valence-corrected chi connectivity index (χ3v) is 2.65. The van der Waals surface area contributed by atoms with Crippen molar-refractivity contribution in [3.63, 3.8) is 0 Å². The first-order chi connectivity index (χ1) is 6.85. The first-order valence-corrected chi connectivity index (χ1v) is 5.07. The zero-order valence-electron chi connectivity index (χ0n) is 8.40. The molecule has 4 nitrogen and oxygen atoms in total. The van der Waals surface area contributed by atoms with Crippen LogP contribution in [0.4, 0.5) is 0 Å². The van der Waals surface area contributed by atoms with E-state index in [0.717, 1.165) is 17.9 Å². The summed E-state index contributed by atoms with van der Waals surface area (Å²) in [7, 11) is 0. The van der Waals surface area contributed by atoms with Gasteiger partial charge in [0, 0.05) is 6.54 Å². The van der Waals surface area contributed by atoms with Gasteiger partial charge in [-0.05, 0) is 32.3 Å². The summed E-state index contributed by atoms with van der Waals surface area (Å²) in [5.74, 6) is 0. The predicted molar refractivity (Wildman–Crippen MR) is 53.4 cm³/mol. The molecule has 0 saturated heterocycles. The van der Waals surface area contributed by atoms with Crippen LogP contribution in [0.25, 0.3) is 6.08 Å². The largest absolute Gasteiger partial charge is 0.390 e. The van der Waals surface area contributed by atoms with Gasteiger partial charge in [0.2, 0.25) is 0 Å². The smallest absolute Gasteiger partial charge is 0.111 e. The van der Waals surface area contributed by atoms with Crippen molar-refractivity contribution < 1.29 is 5.11 Å². The average molecular weight is 193 g/mol. The van der Waals surface area contributed by atoms with Crippen LogP contribution in [-0.2, 0) is 13.2 Å². The van der Waals surface area contributed by atoms with E-state index >= 15 is 0 Å². The fourth-order valence-electron chi connectivity index (χ4n) is 1.59. The number of rotatable bonds is 3. The van der Waals surface area contributed by atoms with E-state index in [4.69, 9.17) is 0 Å². The Balaban J connectivity index is 2.28. The number of aryl methyl sites for hydroxylation is 1. The molecule has 4 heteroatoms. The molecule has 0 bridgehead atoms. The third kappa shape index (κ3) is 1.57. The van der Waals surface area contributed by atoms with Crippen LogP contribution in [0, 0.1) is 0 Å². The van der Waals surface area contributed by atoms with E-state index in [1.165, 1.54) is 24.8 Å². The zero-order valence-corrected chi connectivity index (χ0v) is 8.40. The minimum absolute atomic E-state index is 0.0138. The monoisotopic (exact) mass is 193 g/mol. The summed E-state index contributed by atoms with van der Waals surface area (Å²) in [4.78, 5) is 0. The van der Waals surface area contributed by atoms with Crippen molar-refractivity contribution >= 4 is 6.08 Å². The minimum Gasteiger partial charge on any atom is -0.390 e. The van der Waals surface area contributed by atoms with E-state index in [2.05, 4.69) is 16.4 Å². The SMILES string of the molecule is CCn1nnc(C=C2CCC2)c1CO. The molecular weight excluding hydrogens is 178 g/mol. The van der Waals surface area contributed by atoms with Crippen molar-refractivity contribution in [3.05, 3.63) is 17.0 Å². The predicted octanol–water partition coefficient (Wildman–Crippen LogP) is 1.36. The Morgan fingerprint density at radius 1 is 1.50 bits per heavy atom. The Morgan fingerprint density at radius 3 is 2.79 bits per heavy atom. The molecule has 0 spiro atoms. The summed E-state index contributed by atoms with van der Waals surface area (Å²) in [6, 6.07) is 0. The van der Waals surface area contributed by atoms with Crippen LogP contribution >= 0.6 is 0 Å². The Bertz CT molecular complexity index is 348. The topological polar surface area (TPSA) is 50.9 Å². The lowest BCUT2D eigenvalue weighted by Gasteiger charge is -2.15. The van der Waals surface area contributed by atoms with Crippen molar-refractivity contribution in [1.82, 2.24) is 15.0 Å².